The number of hydrogen-bond acceptors (Lipinski definition) is 3. The van der Waals surface area contributed by atoms with Gasteiger partial charge in [-0.2, -0.15) is 0 Å². The Morgan fingerprint density at radius 2 is 1.72 bits per heavy atom. The van der Waals surface area contributed by atoms with E-state index in [0.717, 1.165) is 5.75 Å². The van der Waals surface area contributed by atoms with Gasteiger partial charge >= 0.3 is 0 Å². The van der Waals surface area contributed by atoms with E-state index in [-0.39, 0.29) is 5.78 Å². The maximum absolute atomic E-state index is 12.2. The van der Waals surface area contributed by atoms with Crippen molar-refractivity contribution in [2.45, 2.75) is 0 Å². The number of ketones is 1. The summed E-state index contributed by atoms with van der Waals surface area (Å²) in [5, 5.41) is 0. The number of methoxy groups -OCH3 is 1. The normalized spacial score (nSPS) is 9.89. The fourth-order valence-electron chi connectivity index (χ4n) is 1.59. The van der Waals surface area contributed by atoms with Gasteiger partial charge in [-0.3, -0.25) is 4.79 Å². The van der Waals surface area contributed by atoms with E-state index >= 15 is 0 Å². The van der Waals surface area contributed by atoms with Crippen LogP contribution in [0.5, 0.6) is 11.5 Å². The summed E-state index contributed by atoms with van der Waals surface area (Å²) < 4.78 is 10.1. The highest BCUT2D eigenvalue weighted by Crippen LogP contribution is 2.19. The molecule has 4 heteroatoms. The van der Waals surface area contributed by atoms with Gasteiger partial charge in [-0.15, -0.1) is 0 Å². The standard InChI is InChI=1S/C14H11IO3/c1-17-13-4-2-3-11(9-13)14(16)10-5-7-12(18-15)8-6-10/h2-9H,1H3. The second kappa shape index (κ2) is 5.86. The van der Waals surface area contributed by atoms with E-state index in [2.05, 4.69) is 0 Å². The third kappa shape index (κ3) is 2.81. The number of rotatable bonds is 4. The number of benzene rings is 2. The molecule has 0 radical (unpaired) electrons. The monoisotopic (exact) mass is 354 g/mol. The summed E-state index contributed by atoms with van der Waals surface area (Å²) in [4.78, 5) is 12.2. The molecule has 0 aliphatic carbocycles. The lowest BCUT2D eigenvalue weighted by molar-refractivity contribution is 0.103. The molecule has 0 N–H and O–H groups in total. The maximum atomic E-state index is 12.2. The number of carbonyl (C=O) groups is 1. The van der Waals surface area contributed by atoms with Crippen LogP contribution in [0.15, 0.2) is 48.5 Å². The molecule has 2 aromatic rings. The van der Waals surface area contributed by atoms with E-state index in [1.54, 1.807) is 72.6 Å². The lowest BCUT2D eigenvalue weighted by Crippen LogP contribution is -2.01. The van der Waals surface area contributed by atoms with Crippen molar-refractivity contribution in [2.75, 3.05) is 7.11 Å². The summed E-state index contributed by atoms with van der Waals surface area (Å²) in [6, 6.07) is 14.1. The average Bonchev–Trinajstić information content (AvgIpc) is 2.46. The summed E-state index contributed by atoms with van der Waals surface area (Å²) in [5.41, 5.74) is 1.23. The van der Waals surface area contributed by atoms with E-state index < -0.39 is 0 Å². The number of carbonyl (C=O) groups excluding carboxylic acids is 1. The molecule has 0 saturated heterocycles. The minimum absolute atomic E-state index is 0.0334. The Labute approximate surface area is 119 Å². The molecule has 18 heavy (non-hydrogen) atoms. The molecule has 3 nitrogen and oxygen atoms in total. The Morgan fingerprint density at radius 3 is 2.33 bits per heavy atom. The zero-order valence-electron chi connectivity index (χ0n) is 9.72. The van der Waals surface area contributed by atoms with Crippen LogP contribution < -0.4 is 7.80 Å². The van der Waals surface area contributed by atoms with Gasteiger partial charge in [-0.1, -0.05) is 12.1 Å². The van der Waals surface area contributed by atoms with Crippen molar-refractivity contribution in [3.8, 4) is 11.5 Å². The molecule has 0 heterocycles. The van der Waals surface area contributed by atoms with Crippen molar-refractivity contribution in [2.24, 2.45) is 0 Å². The fourth-order valence-corrected chi connectivity index (χ4v) is 1.88. The van der Waals surface area contributed by atoms with Crippen LogP contribution in [0.4, 0.5) is 0 Å². The van der Waals surface area contributed by atoms with Gasteiger partial charge in [-0.05, 0) is 36.4 Å². The second-order valence-corrected chi connectivity index (χ2v) is 4.10. The Hall–Kier alpha value is -1.56. The predicted molar refractivity (Wildman–Crippen MR) is 77.5 cm³/mol. The highest BCUT2D eigenvalue weighted by Gasteiger charge is 2.09. The van der Waals surface area contributed by atoms with E-state index in [1.165, 1.54) is 0 Å². The van der Waals surface area contributed by atoms with Gasteiger partial charge in [0, 0.05) is 11.1 Å². The van der Waals surface area contributed by atoms with Crippen LogP contribution in [-0.2, 0) is 0 Å². The molecule has 92 valence electrons. The van der Waals surface area contributed by atoms with Crippen molar-refractivity contribution >= 4 is 28.8 Å². The number of ether oxygens (including phenoxy) is 1. The van der Waals surface area contributed by atoms with Gasteiger partial charge < -0.3 is 7.80 Å². The van der Waals surface area contributed by atoms with Crippen LogP contribution in [-0.4, -0.2) is 12.9 Å². The van der Waals surface area contributed by atoms with E-state index in [0.29, 0.717) is 16.9 Å². The molecule has 2 aromatic carbocycles. The van der Waals surface area contributed by atoms with Crippen molar-refractivity contribution < 1.29 is 12.6 Å². The average molecular weight is 354 g/mol. The minimum Gasteiger partial charge on any atom is -0.497 e. The van der Waals surface area contributed by atoms with Crippen LogP contribution in [0.25, 0.3) is 0 Å². The predicted octanol–water partition coefficient (Wildman–Crippen LogP) is 3.66. The van der Waals surface area contributed by atoms with Crippen molar-refractivity contribution in [1.29, 1.82) is 0 Å². The summed E-state index contributed by atoms with van der Waals surface area (Å²) in [5.74, 6) is 1.36. The zero-order chi connectivity index (χ0) is 13.0. The Balaban J connectivity index is 2.29. The largest absolute Gasteiger partial charge is 0.497 e. The van der Waals surface area contributed by atoms with E-state index in [1.807, 2.05) is 6.07 Å². The zero-order valence-corrected chi connectivity index (χ0v) is 11.9. The Morgan fingerprint density at radius 1 is 1.00 bits per heavy atom. The molecule has 0 amide bonds. The first-order chi connectivity index (χ1) is 8.74. The minimum atomic E-state index is -0.0334. The molecular formula is C14H11IO3. The highest BCUT2D eigenvalue weighted by atomic mass is 127. The number of halogens is 1. The summed E-state index contributed by atoms with van der Waals surface area (Å²) in [6.07, 6.45) is 0. The summed E-state index contributed by atoms with van der Waals surface area (Å²) in [6.45, 7) is 0. The first-order valence-corrected chi connectivity index (χ1v) is 6.20. The van der Waals surface area contributed by atoms with Gasteiger partial charge in [-0.25, -0.2) is 0 Å². The van der Waals surface area contributed by atoms with Crippen LogP contribution in [0.2, 0.25) is 0 Å². The topological polar surface area (TPSA) is 35.5 Å². The van der Waals surface area contributed by atoms with Crippen LogP contribution in [0.3, 0.4) is 0 Å². The third-order valence-corrected chi connectivity index (χ3v) is 3.05. The maximum Gasteiger partial charge on any atom is 0.193 e. The SMILES string of the molecule is COc1cccc(C(=O)c2ccc(OI)cc2)c1. The lowest BCUT2D eigenvalue weighted by atomic mass is 10.0. The molecular weight excluding hydrogens is 343 g/mol. The quantitative estimate of drug-likeness (QED) is 0.621. The lowest BCUT2D eigenvalue weighted by Gasteiger charge is -2.04. The second-order valence-electron chi connectivity index (χ2n) is 3.66. The van der Waals surface area contributed by atoms with Gasteiger partial charge in [0.05, 0.1) is 7.11 Å². The molecule has 0 spiro atoms. The van der Waals surface area contributed by atoms with E-state index in [4.69, 9.17) is 7.80 Å². The molecule has 0 unspecified atom stereocenters. The fraction of sp³-hybridized carbons (Fsp3) is 0.0714. The Kier molecular flexibility index (Phi) is 4.19. The van der Waals surface area contributed by atoms with Gasteiger partial charge in [0.1, 0.15) is 11.5 Å². The smallest absolute Gasteiger partial charge is 0.193 e. The first kappa shape index (κ1) is 12.9. The van der Waals surface area contributed by atoms with Crippen LogP contribution in [0, 0.1) is 0 Å². The molecule has 0 saturated carbocycles. The Bertz CT molecular complexity index is 549. The van der Waals surface area contributed by atoms with E-state index in [9.17, 15) is 4.79 Å². The van der Waals surface area contributed by atoms with Crippen molar-refractivity contribution in [3.05, 3.63) is 59.7 Å². The molecule has 0 aliphatic heterocycles. The van der Waals surface area contributed by atoms with Crippen molar-refractivity contribution in [1.82, 2.24) is 0 Å². The molecule has 0 aliphatic rings. The molecule has 0 aromatic heterocycles. The van der Waals surface area contributed by atoms with Gasteiger partial charge in [0.25, 0.3) is 0 Å². The molecule has 0 bridgehead atoms. The molecule has 0 atom stereocenters. The summed E-state index contributed by atoms with van der Waals surface area (Å²) in [7, 11) is 1.58. The van der Waals surface area contributed by atoms with Gasteiger partial charge in [0.15, 0.2) is 28.8 Å². The highest BCUT2D eigenvalue weighted by molar-refractivity contribution is 14.1. The van der Waals surface area contributed by atoms with Crippen molar-refractivity contribution in [3.63, 3.8) is 0 Å². The van der Waals surface area contributed by atoms with Gasteiger partial charge in [0.2, 0.25) is 0 Å². The summed E-state index contributed by atoms with van der Waals surface area (Å²) >= 11 is 1.80. The van der Waals surface area contributed by atoms with Crippen LogP contribution in [0.1, 0.15) is 15.9 Å². The molecule has 0 fully saturated rings. The number of hydrogen-bond donors (Lipinski definition) is 0. The third-order valence-electron chi connectivity index (χ3n) is 2.54. The van der Waals surface area contributed by atoms with Crippen LogP contribution >= 0.6 is 23.0 Å². The molecule has 2 rings (SSSR count). The first-order valence-electron chi connectivity index (χ1n) is 5.32.